The van der Waals surface area contributed by atoms with E-state index in [4.69, 9.17) is 15.3 Å². The van der Waals surface area contributed by atoms with Crippen LogP contribution in [0.25, 0.3) is 11.3 Å². The third-order valence-electron chi connectivity index (χ3n) is 2.26. The molecule has 0 aliphatic rings. The van der Waals surface area contributed by atoms with Gasteiger partial charge >= 0.3 is 0 Å². The number of furan rings is 1. The molecule has 0 unspecified atom stereocenters. The Labute approximate surface area is 93.7 Å². The van der Waals surface area contributed by atoms with Gasteiger partial charge in [-0.3, -0.25) is 0 Å². The van der Waals surface area contributed by atoms with E-state index >= 15 is 0 Å². The van der Waals surface area contributed by atoms with Gasteiger partial charge in [-0.25, -0.2) is 0 Å². The highest BCUT2D eigenvalue weighted by Crippen LogP contribution is 2.30. The minimum Gasteiger partial charge on any atom is -0.464 e. The molecule has 4 nitrogen and oxygen atoms in total. The average molecular weight is 218 g/mol. The quantitative estimate of drug-likeness (QED) is 0.686. The predicted molar refractivity (Wildman–Crippen MR) is 64.1 cm³/mol. The number of hydrogen-bond acceptors (Lipinski definition) is 4. The number of nitrogens with two attached hydrogens (primary N) is 1. The first kappa shape index (κ1) is 10.6. The lowest BCUT2D eigenvalue weighted by molar-refractivity contribution is 0.311. The van der Waals surface area contributed by atoms with Gasteiger partial charge in [-0.15, -0.1) is 0 Å². The summed E-state index contributed by atoms with van der Waals surface area (Å²) in [6, 6.07) is 9.24. The largest absolute Gasteiger partial charge is 0.464 e. The summed E-state index contributed by atoms with van der Waals surface area (Å²) in [5.41, 5.74) is 8.23. The van der Waals surface area contributed by atoms with Crippen molar-refractivity contribution in [3.8, 4) is 11.3 Å². The predicted octanol–water partition coefficient (Wildman–Crippen LogP) is 1.93. The van der Waals surface area contributed by atoms with Crippen molar-refractivity contribution in [2.45, 2.75) is 0 Å². The molecule has 4 heteroatoms. The molecular formula is C12H14N2O2. The monoisotopic (exact) mass is 218 g/mol. The molecule has 2 rings (SSSR count). The minimum atomic E-state index is 0.0853. The summed E-state index contributed by atoms with van der Waals surface area (Å²) in [5.74, 6) is 0.757. The lowest BCUT2D eigenvalue weighted by Gasteiger charge is -2.10. The van der Waals surface area contributed by atoms with Crippen molar-refractivity contribution in [3.63, 3.8) is 0 Å². The molecule has 0 atom stereocenters. The third-order valence-corrected chi connectivity index (χ3v) is 2.26. The van der Waals surface area contributed by atoms with Crippen molar-refractivity contribution < 1.29 is 9.52 Å². The Morgan fingerprint density at radius 3 is 2.88 bits per heavy atom. The summed E-state index contributed by atoms with van der Waals surface area (Å²) in [4.78, 5) is 0. The first-order chi connectivity index (χ1) is 7.81. The Kier molecular flexibility index (Phi) is 3.12. The fourth-order valence-corrected chi connectivity index (χ4v) is 1.54. The molecule has 0 aliphatic heterocycles. The number of rotatable bonds is 4. The van der Waals surface area contributed by atoms with Gasteiger partial charge in [-0.2, -0.15) is 0 Å². The van der Waals surface area contributed by atoms with Crippen LogP contribution in [0.1, 0.15) is 0 Å². The summed E-state index contributed by atoms with van der Waals surface area (Å²) < 4.78 is 5.34. The van der Waals surface area contributed by atoms with Crippen LogP contribution in [0.4, 0.5) is 11.4 Å². The molecule has 0 fully saturated rings. The molecule has 0 saturated carbocycles. The Hall–Kier alpha value is -1.94. The van der Waals surface area contributed by atoms with Gasteiger partial charge < -0.3 is 20.6 Å². The Morgan fingerprint density at radius 2 is 2.19 bits per heavy atom. The zero-order valence-corrected chi connectivity index (χ0v) is 8.81. The molecule has 2 aromatic rings. The number of anilines is 2. The SMILES string of the molecule is Nc1ccc(NCCO)c(-c2ccco2)c1. The third kappa shape index (κ3) is 2.17. The number of nitrogens with one attached hydrogen (secondary N) is 1. The van der Waals surface area contributed by atoms with Gasteiger partial charge in [0, 0.05) is 23.5 Å². The van der Waals surface area contributed by atoms with Gasteiger partial charge in [0.2, 0.25) is 0 Å². The van der Waals surface area contributed by atoms with Crippen LogP contribution in [0.2, 0.25) is 0 Å². The molecular weight excluding hydrogens is 204 g/mol. The summed E-state index contributed by atoms with van der Waals surface area (Å²) in [6.45, 7) is 0.583. The van der Waals surface area contributed by atoms with E-state index in [1.807, 2.05) is 30.3 Å². The van der Waals surface area contributed by atoms with E-state index < -0.39 is 0 Å². The Morgan fingerprint density at radius 1 is 1.31 bits per heavy atom. The van der Waals surface area contributed by atoms with Gasteiger partial charge in [-0.05, 0) is 30.3 Å². The first-order valence-electron chi connectivity index (χ1n) is 5.09. The number of aliphatic hydroxyl groups is 1. The summed E-state index contributed by atoms with van der Waals surface area (Å²) >= 11 is 0. The first-order valence-corrected chi connectivity index (χ1v) is 5.09. The van der Waals surface area contributed by atoms with Crippen LogP contribution < -0.4 is 11.1 Å². The van der Waals surface area contributed by atoms with Crippen molar-refractivity contribution in [2.75, 3.05) is 24.2 Å². The maximum absolute atomic E-state index is 8.79. The molecule has 0 spiro atoms. The second-order valence-electron chi connectivity index (χ2n) is 3.43. The minimum absolute atomic E-state index is 0.0853. The van der Waals surface area contributed by atoms with Crippen LogP contribution in [0.5, 0.6) is 0 Å². The van der Waals surface area contributed by atoms with E-state index in [9.17, 15) is 0 Å². The lowest BCUT2D eigenvalue weighted by Crippen LogP contribution is -2.06. The normalized spacial score (nSPS) is 10.3. The van der Waals surface area contributed by atoms with E-state index in [0.717, 1.165) is 17.0 Å². The molecule has 16 heavy (non-hydrogen) atoms. The highest BCUT2D eigenvalue weighted by Gasteiger charge is 2.07. The molecule has 84 valence electrons. The lowest BCUT2D eigenvalue weighted by atomic mass is 10.1. The van der Waals surface area contributed by atoms with Gasteiger partial charge in [0.05, 0.1) is 12.9 Å². The van der Waals surface area contributed by atoms with Crippen LogP contribution in [0.15, 0.2) is 41.0 Å². The summed E-state index contributed by atoms with van der Waals surface area (Å²) in [5, 5.41) is 11.9. The zero-order chi connectivity index (χ0) is 11.4. The standard InChI is InChI=1S/C12H14N2O2/c13-9-3-4-11(14-5-6-15)10(8-9)12-2-1-7-16-12/h1-4,7-8,14-15H,5-6,13H2. The van der Waals surface area contributed by atoms with Crippen LogP contribution in [-0.2, 0) is 0 Å². The maximum atomic E-state index is 8.79. The molecule has 0 amide bonds. The smallest absolute Gasteiger partial charge is 0.136 e. The van der Waals surface area contributed by atoms with Crippen LogP contribution >= 0.6 is 0 Å². The van der Waals surface area contributed by atoms with Crippen molar-refractivity contribution in [2.24, 2.45) is 0 Å². The second-order valence-corrected chi connectivity index (χ2v) is 3.43. The highest BCUT2D eigenvalue weighted by molar-refractivity contribution is 5.77. The number of hydrogen-bond donors (Lipinski definition) is 3. The molecule has 0 radical (unpaired) electrons. The Bertz CT molecular complexity index is 452. The molecule has 0 bridgehead atoms. The van der Waals surface area contributed by atoms with Gasteiger partial charge in [-0.1, -0.05) is 0 Å². The number of benzene rings is 1. The molecule has 1 aromatic heterocycles. The molecule has 1 aromatic carbocycles. The number of nitrogen functional groups attached to an aromatic ring is 1. The van der Waals surface area contributed by atoms with Crippen LogP contribution in [0.3, 0.4) is 0 Å². The topological polar surface area (TPSA) is 71.4 Å². The highest BCUT2D eigenvalue weighted by atomic mass is 16.3. The number of aliphatic hydroxyl groups excluding tert-OH is 1. The van der Waals surface area contributed by atoms with Crippen molar-refractivity contribution in [1.82, 2.24) is 0 Å². The van der Waals surface area contributed by atoms with E-state index in [-0.39, 0.29) is 6.61 Å². The Balaban J connectivity index is 2.37. The summed E-state index contributed by atoms with van der Waals surface area (Å²) in [7, 11) is 0. The van der Waals surface area contributed by atoms with E-state index in [1.165, 1.54) is 0 Å². The van der Waals surface area contributed by atoms with Gasteiger partial charge in [0.15, 0.2) is 0 Å². The van der Waals surface area contributed by atoms with Crippen molar-refractivity contribution in [3.05, 3.63) is 36.6 Å². The molecule has 0 saturated heterocycles. The van der Waals surface area contributed by atoms with E-state index in [0.29, 0.717) is 12.2 Å². The van der Waals surface area contributed by atoms with E-state index in [1.54, 1.807) is 6.26 Å². The second kappa shape index (κ2) is 4.72. The maximum Gasteiger partial charge on any atom is 0.136 e. The molecule has 0 aliphatic carbocycles. The van der Waals surface area contributed by atoms with Crippen molar-refractivity contribution >= 4 is 11.4 Å². The fraction of sp³-hybridized carbons (Fsp3) is 0.167. The average Bonchev–Trinajstić information content (AvgIpc) is 2.80. The van der Waals surface area contributed by atoms with Gasteiger partial charge in [0.25, 0.3) is 0 Å². The fourth-order valence-electron chi connectivity index (χ4n) is 1.54. The molecule has 1 heterocycles. The van der Waals surface area contributed by atoms with Crippen LogP contribution in [-0.4, -0.2) is 18.3 Å². The van der Waals surface area contributed by atoms with Gasteiger partial charge in [0.1, 0.15) is 5.76 Å². The van der Waals surface area contributed by atoms with Crippen molar-refractivity contribution in [1.29, 1.82) is 0 Å². The van der Waals surface area contributed by atoms with E-state index in [2.05, 4.69) is 5.32 Å². The zero-order valence-electron chi connectivity index (χ0n) is 8.81. The van der Waals surface area contributed by atoms with Crippen LogP contribution in [0, 0.1) is 0 Å². The molecule has 4 N–H and O–H groups in total. The summed E-state index contributed by atoms with van der Waals surface area (Å²) in [6.07, 6.45) is 1.62.